The normalized spacial score (nSPS) is 30.2. The molecule has 2 fully saturated rings. The lowest BCUT2D eigenvalue weighted by atomic mass is 9.98. The van der Waals surface area contributed by atoms with Gasteiger partial charge < -0.3 is 25.0 Å². The Labute approximate surface area is 180 Å². The van der Waals surface area contributed by atoms with Crippen molar-refractivity contribution in [2.24, 2.45) is 4.99 Å². The molecule has 1 aromatic heterocycles. The fourth-order valence-electron chi connectivity index (χ4n) is 3.24. The van der Waals surface area contributed by atoms with Gasteiger partial charge in [0, 0.05) is 11.0 Å². The summed E-state index contributed by atoms with van der Waals surface area (Å²) >= 11 is 4.83. The number of thioether (sulfide) groups is 1. The molecule has 11 heteroatoms. The number of hydrogen-bond donors (Lipinski definition) is 3. The van der Waals surface area contributed by atoms with Crippen LogP contribution in [0.5, 0.6) is 5.75 Å². The molecular weight excluding hydrogens is 462 g/mol. The molecule has 0 saturated carbocycles. The topological polar surface area (TPSA) is 114 Å². The molecule has 0 amide bonds. The Hall–Kier alpha value is -1.66. The fourth-order valence-corrected chi connectivity index (χ4v) is 4.82. The summed E-state index contributed by atoms with van der Waals surface area (Å²) < 4.78 is 14.3. The maximum atomic E-state index is 10.5. The highest BCUT2D eigenvalue weighted by Gasteiger charge is 2.49. The second-order valence-electron chi connectivity index (χ2n) is 6.77. The fraction of sp³-hybridized carbons (Fsp3) is 0.500. The molecular formula is C18H22BrN5O4S. The van der Waals surface area contributed by atoms with E-state index in [1.165, 1.54) is 11.8 Å². The second-order valence-corrected chi connectivity index (χ2v) is 8.77. The summed E-state index contributed by atoms with van der Waals surface area (Å²) in [6.45, 7) is 3.12. The van der Waals surface area contributed by atoms with E-state index in [0.29, 0.717) is 12.2 Å². The third-order valence-electron chi connectivity index (χ3n) is 4.66. The Morgan fingerprint density at radius 1 is 1.38 bits per heavy atom. The van der Waals surface area contributed by atoms with E-state index >= 15 is 0 Å². The molecule has 4 rings (SSSR count). The predicted octanol–water partition coefficient (Wildman–Crippen LogP) is 1.15. The van der Waals surface area contributed by atoms with Crippen molar-refractivity contribution in [1.82, 2.24) is 20.3 Å². The molecule has 2 aliphatic heterocycles. The molecule has 3 heterocycles. The van der Waals surface area contributed by atoms with E-state index in [1.54, 1.807) is 10.9 Å². The summed E-state index contributed by atoms with van der Waals surface area (Å²) in [4.78, 5) is 4.32. The van der Waals surface area contributed by atoms with Crippen LogP contribution in [0.3, 0.4) is 0 Å². The quantitative estimate of drug-likeness (QED) is 0.560. The zero-order valence-corrected chi connectivity index (χ0v) is 18.1. The van der Waals surface area contributed by atoms with Gasteiger partial charge in [-0.2, -0.15) is 0 Å². The Morgan fingerprint density at radius 2 is 2.24 bits per heavy atom. The Bertz CT molecular complexity index is 881. The minimum atomic E-state index is -1.05. The van der Waals surface area contributed by atoms with Gasteiger partial charge >= 0.3 is 0 Å². The highest BCUT2D eigenvalue weighted by molar-refractivity contribution is 9.10. The number of benzene rings is 1. The van der Waals surface area contributed by atoms with E-state index in [1.807, 2.05) is 31.2 Å². The van der Waals surface area contributed by atoms with Crippen LogP contribution in [0, 0.1) is 0 Å². The molecule has 0 unspecified atom stereocenters. The number of nitrogens with zero attached hydrogens (tertiary/aromatic N) is 4. The number of aliphatic hydroxyl groups is 2. The van der Waals surface area contributed by atoms with Gasteiger partial charge in [-0.15, -0.1) is 5.10 Å². The number of amidine groups is 1. The Balaban J connectivity index is 1.36. The lowest BCUT2D eigenvalue weighted by Crippen LogP contribution is -2.59. The number of ether oxygens (including phenoxy) is 2. The molecule has 29 heavy (non-hydrogen) atoms. The monoisotopic (exact) mass is 483 g/mol. The molecule has 9 nitrogen and oxygen atoms in total. The Morgan fingerprint density at radius 3 is 3.03 bits per heavy atom. The van der Waals surface area contributed by atoms with Gasteiger partial charge in [0.05, 0.1) is 18.8 Å². The molecule has 0 bridgehead atoms. The first-order chi connectivity index (χ1) is 14.0. The van der Waals surface area contributed by atoms with E-state index in [2.05, 4.69) is 36.6 Å². The lowest BCUT2D eigenvalue weighted by molar-refractivity contribution is -0.160. The van der Waals surface area contributed by atoms with Crippen LogP contribution in [-0.4, -0.2) is 66.7 Å². The number of fused-ring (bicyclic) bond motifs is 1. The highest BCUT2D eigenvalue weighted by Crippen LogP contribution is 2.34. The van der Waals surface area contributed by atoms with E-state index in [0.717, 1.165) is 15.4 Å². The van der Waals surface area contributed by atoms with Crippen molar-refractivity contribution >= 4 is 32.9 Å². The Kier molecular flexibility index (Phi) is 6.40. The van der Waals surface area contributed by atoms with Crippen LogP contribution in [0.15, 0.2) is 39.9 Å². The van der Waals surface area contributed by atoms with Crippen LogP contribution >= 0.6 is 27.7 Å². The molecule has 1 aromatic carbocycles. The van der Waals surface area contributed by atoms with Crippen molar-refractivity contribution in [3.63, 3.8) is 0 Å². The number of nitrogens with one attached hydrogen (secondary N) is 1. The largest absolute Gasteiger partial charge is 0.487 e. The molecule has 5 atom stereocenters. The maximum Gasteiger partial charge on any atom is 0.159 e. The first-order valence-electron chi connectivity index (χ1n) is 9.30. The summed E-state index contributed by atoms with van der Waals surface area (Å²) in [6.07, 6.45) is -0.868. The number of halogens is 1. The number of aliphatic hydroxyl groups excluding tert-OH is 2. The third-order valence-corrected chi connectivity index (χ3v) is 6.26. The van der Waals surface area contributed by atoms with Crippen molar-refractivity contribution in [3.8, 4) is 5.75 Å². The molecule has 0 aliphatic carbocycles. The van der Waals surface area contributed by atoms with Gasteiger partial charge in [-0.25, -0.2) is 4.68 Å². The average Bonchev–Trinajstić information content (AvgIpc) is 3.31. The van der Waals surface area contributed by atoms with Crippen LogP contribution in [0.25, 0.3) is 0 Å². The van der Waals surface area contributed by atoms with Gasteiger partial charge in [-0.3, -0.25) is 4.99 Å². The zero-order valence-electron chi connectivity index (χ0n) is 15.7. The van der Waals surface area contributed by atoms with Crippen LogP contribution in [0.2, 0.25) is 0 Å². The number of hydrogen-bond acceptors (Lipinski definition) is 8. The highest BCUT2D eigenvalue weighted by atomic mass is 79.9. The summed E-state index contributed by atoms with van der Waals surface area (Å²) in [5.41, 5.74) is 0.342. The van der Waals surface area contributed by atoms with E-state index < -0.39 is 18.3 Å². The van der Waals surface area contributed by atoms with Gasteiger partial charge in [0.2, 0.25) is 0 Å². The van der Waals surface area contributed by atoms with Crippen molar-refractivity contribution in [2.45, 2.75) is 49.9 Å². The van der Waals surface area contributed by atoms with Crippen LogP contribution in [-0.2, 0) is 17.9 Å². The second kappa shape index (κ2) is 9.00. The SMILES string of the molecule is CCN=C1N[C@@H]2[C@@H](O)[C@H](O)[C@@H](Cn3cc(COc4cccc(Br)c4)nn3)O[C@@H]2S1. The van der Waals surface area contributed by atoms with Gasteiger partial charge in [-0.05, 0) is 25.1 Å². The molecule has 2 saturated heterocycles. The number of aliphatic imine (C=N–C) groups is 1. The molecule has 3 N–H and O–H groups in total. The molecule has 156 valence electrons. The van der Waals surface area contributed by atoms with E-state index in [9.17, 15) is 10.2 Å². The molecule has 2 aromatic rings. The predicted molar refractivity (Wildman–Crippen MR) is 112 cm³/mol. The number of rotatable bonds is 6. The molecule has 0 radical (unpaired) electrons. The van der Waals surface area contributed by atoms with Gasteiger partial charge in [-0.1, -0.05) is 39.0 Å². The van der Waals surface area contributed by atoms with Gasteiger partial charge in [0.15, 0.2) is 5.17 Å². The van der Waals surface area contributed by atoms with Crippen molar-refractivity contribution in [1.29, 1.82) is 0 Å². The van der Waals surface area contributed by atoms with Gasteiger partial charge in [0.1, 0.15) is 41.8 Å². The van der Waals surface area contributed by atoms with Crippen molar-refractivity contribution in [2.75, 3.05) is 6.54 Å². The van der Waals surface area contributed by atoms with Crippen LogP contribution < -0.4 is 10.1 Å². The summed E-state index contributed by atoms with van der Waals surface area (Å²) in [7, 11) is 0. The average molecular weight is 484 g/mol. The van der Waals surface area contributed by atoms with Crippen molar-refractivity contribution < 1.29 is 19.7 Å². The maximum absolute atomic E-state index is 10.5. The minimum Gasteiger partial charge on any atom is -0.487 e. The molecule has 0 spiro atoms. The van der Waals surface area contributed by atoms with Gasteiger partial charge in [0.25, 0.3) is 0 Å². The first kappa shape index (κ1) is 20.6. The zero-order chi connectivity index (χ0) is 20.4. The van der Waals surface area contributed by atoms with Crippen LogP contribution in [0.1, 0.15) is 12.6 Å². The number of aromatic nitrogens is 3. The van der Waals surface area contributed by atoms with E-state index in [-0.39, 0.29) is 24.6 Å². The lowest BCUT2D eigenvalue weighted by Gasteiger charge is -2.38. The summed E-state index contributed by atoms with van der Waals surface area (Å²) in [6, 6.07) is 7.16. The molecule has 2 aliphatic rings. The first-order valence-corrected chi connectivity index (χ1v) is 11.0. The summed E-state index contributed by atoms with van der Waals surface area (Å²) in [5.74, 6) is 0.726. The summed E-state index contributed by atoms with van der Waals surface area (Å²) in [5, 5.41) is 33.0. The minimum absolute atomic E-state index is 0.270. The standard InChI is InChI=1S/C18H22BrN5O4S/c1-2-20-18-21-14-16(26)15(25)13(28-17(14)29-18)8-24-7-11(22-23-24)9-27-12-5-3-4-10(19)6-12/h3-7,13-17,25-26H,2,8-9H2,1H3,(H,20,21)/t13-,14-,15-,16-,17-/m1/s1. The smallest absolute Gasteiger partial charge is 0.159 e. The van der Waals surface area contributed by atoms with Crippen LogP contribution in [0.4, 0.5) is 0 Å². The third kappa shape index (κ3) is 4.75. The van der Waals surface area contributed by atoms with Crippen molar-refractivity contribution in [3.05, 3.63) is 40.6 Å². The van der Waals surface area contributed by atoms with E-state index in [4.69, 9.17) is 9.47 Å².